The van der Waals surface area contributed by atoms with Gasteiger partial charge < -0.3 is 15.6 Å². The van der Waals surface area contributed by atoms with E-state index in [0.717, 1.165) is 24.6 Å². The highest BCUT2D eigenvalue weighted by molar-refractivity contribution is 8.00. The van der Waals surface area contributed by atoms with Gasteiger partial charge in [-0.05, 0) is 19.8 Å². The third kappa shape index (κ3) is 5.76. The lowest BCUT2D eigenvalue weighted by molar-refractivity contribution is -0.139. The lowest BCUT2D eigenvalue weighted by atomic mass is 10.1. The Morgan fingerprint density at radius 1 is 1.36 bits per heavy atom. The van der Waals surface area contributed by atoms with Crippen molar-refractivity contribution in [2.45, 2.75) is 50.3 Å². The summed E-state index contributed by atoms with van der Waals surface area (Å²) in [6.45, 7) is 1.90. The third-order valence-electron chi connectivity index (χ3n) is 3.41. The van der Waals surface area contributed by atoms with Crippen molar-refractivity contribution < 1.29 is 24.3 Å². The van der Waals surface area contributed by atoms with Gasteiger partial charge in [-0.25, -0.2) is 0 Å². The van der Waals surface area contributed by atoms with Gasteiger partial charge in [-0.3, -0.25) is 19.3 Å². The third-order valence-corrected chi connectivity index (χ3v) is 4.73. The van der Waals surface area contributed by atoms with E-state index in [2.05, 4.69) is 0 Å². The highest BCUT2D eigenvalue weighted by Crippen LogP contribution is 2.26. The zero-order valence-electron chi connectivity index (χ0n) is 12.6. The number of ketones is 1. The van der Waals surface area contributed by atoms with Crippen LogP contribution in [0.1, 0.15) is 39.0 Å². The lowest BCUT2D eigenvalue weighted by Gasteiger charge is -2.15. The van der Waals surface area contributed by atoms with Crippen LogP contribution in [0, 0.1) is 0 Å². The Labute approximate surface area is 133 Å². The summed E-state index contributed by atoms with van der Waals surface area (Å²) in [5.41, 5.74) is 5.39. The maximum atomic E-state index is 12.1. The molecule has 1 fully saturated rings. The number of aliphatic carboxylic acids is 1. The van der Waals surface area contributed by atoms with Gasteiger partial charge in [-0.1, -0.05) is 6.42 Å². The van der Waals surface area contributed by atoms with Crippen LogP contribution in [0.25, 0.3) is 0 Å². The number of hydrogen-bond acceptors (Lipinski definition) is 6. The number of nitrogens with two attached hydrogens (primary N) is 1. The number of carbonyl (C=O) groups excluding carboxylic acids is 3. The average molecular weight is 330 g/mol. The molecule has 1 aliphatic heterocycles. The molecular weight excluding hydrogens is 308 g/mol. The minimum atomic E-state index is -1.12. The first-order valence-electron chi connectivity index (χ1n) is 7.26. The molecule has 0 aromatic heterocycles. The molecule has 0 aliphatic carbocycles. The quantitative estimate of drug-likeness (QED) is 0.440. The maximum absolute atomic E-state index is 12.1. The number of rotatable bonds is 10. The molecule has 22 heavy (non-hydrogen) atoms. The van der Waals surface area contributed by atoms with Gasteiger partial charge in [0.25, 0.3) is 0 Å². The Bertz CT molecular complexity index is 455. The highest BCUT2D eigenvalue weighted by atomic mass is 32.2. The van der Waals surface area contributed by atoms with E-state index in [4.69, 9.17) is 10.8 Å². The van der Waals surface area contributed by atoms with Crippen LogP contribution in [0.15, 0.2) is 0 Å². The number of carbonyl (C=O) groups is 4. The molecule has 2 atom stereocenters. The number of Topliss-reactive ketones (excluding diaryl/α,β-unsaturated/α-hetero) is 1. The van der Waals surface area contributed by atoms with Gasteiger partial charge in [0, 0.05) is 25.1 Å². The van der Waals surface area contributed by atoms with Crippen LogP contribution in [0.3, 0.4) is 0 Å². The summed E-state index contributed by atoms with van der Waals surface area (Å²) in [7, 11) is 0. The van der Waals surface area contributed by atoms with E-state index in [0.29, 0.717) is 19.4 Å². The summed E-state index contributed by atoms with van der Waals surface area (Å²) in [6, 6.07) is -1.03. The Morgan fingerprint density at radius 3 is 2.64 bits per heavy atom. The van der Waals surface area contributed by atoms with Gasteiger partial charge in [0.15, 0.2) is 0 Å². The Morgan fingerprint density at radius 2 is 2.05 bits per heavy atom. The van der Waals surface area contributed by atoms with Crippen molar-refractivity contribution in [3.05, 3.63) is 0 Å². The van der Waals surface area contributed by atoms with Crippen LogP contribution < -0.4 is 5.73 Å². The molecule has 1 heterocycles. The topological polar surface area (TPSA) is 118 Å². The van der Waals surface area contributed by atoms with Crippen molar-refractivity contribution in [2.75, 3.05) is 12.3 Å². The van der Waals surface area contributed by atoms with Crippen LogP contribution in [0.2, 0.25) is 0 Å². The number of amides is 2. The fourth-order valence-corrected chi connectivity index (χ4v) is 3.24. The molecule has 0 aromatic rings. The van der Waals surface area contributed by atoms with E-state index in [-0.39, 0.29) is 29.8 Å². The van der Waals surface area contributed by atoms with Crippen molar-refractivity contribution in [2.24, 2.45) is 5.73 Å². The van der Waals surface area contributed by atoms with Crippen molar-refractivity contribution in [1.29, 1.82) is 0 Å². The molecular formula is C14H22N2O5S. The van der Waals surface area contributed by atoms with Crippen molar-refractivity contribution in [1.82, 2.24) is 4.90 Å². The second-order valence-electron chi connectivity index (χ2n) is 5.37. The van der Waals surface area contributed by atoms with E-state index in [1.165, 1.54) is 11.8 Å². The van der Waals surface area contributed by atoms with E-state index < -0.39 is 17.3 Å². The molecule has 0 aromatic carbocycles. The molecule has 0 spiro atoms. The normalized spacial score (nSPS) is 19.5. The molecule has 2 unspecified atom stereocenters. The molecule has 2 amide bonds. The molecule has 1 rings (SSSR count). The predicted molar refractivity (Wildman–Crippen MR) is 82.3 cm³/mol. The van der Waals surface area contributed by atoms with E-state index in [9.17, 15) is 19.2 Å². The fourth-order valence-electron chi connectivity index (χ4n) is 2.13. The minimum Gasteiger partial charge on any atom is -0.480 e. The Hall–Kier alpha value is -1.41. The summed E-state index contributed by atoms with van der Waals surface area (Å²) < 4.78 is 0. The SMILES string of the molecule is CC(=O)CCCCCN1C(=O)CC(SCC(N)C(=O)O)C1=O. The molecule has 8 heteroatoms. The number of carboxylic acid groups (broad SMARTS) is 1. The highest BCUT2D eigenvalue weighted by Gasteiger charge is 2.38. The van der Waals surface area contributed by atoms with Crippen LogP contribution in [0.5, 0.6) is 0 Å². The second-order valence-corrected chi connectivity index (χ2v) is 6.60. The van der Waals surface area contributed by atoms with Crippen LogP contribution >= 0.6 is 11.8 Å². The monoisotopic (exact) mass is 330 g/mol. The number of imide groups is 1. The zero-order valence-corrected chi connectivity index (χ0v) is 13.4. The summed E-state index contributed by atoms with van der Waals surface area (Å²) in [6.07, 6.45) is 2.85. The summed E-state index contributed by atoms with van der Waals surface area (Å²) in [5, 5.41) is 8.17. The van der Waals surface area contributed by atoms with Crippen molar-refractivity contribution in [3.63, 3.8) is 0 Å². The Kier molecular flexibility index (Phi) is 7.53. The molecule has 1 aliphatic rings. The zero-order chi connectivity index (χ0) is 16.7. The first kappa shape index (κ1) is 18.6. The van der Waals surface area contributed by atoms with E-state index in [1.54, 1.807) is 0 Å². The van der Waals surface area contributed by atoms with Gasteiger partial charge >= 0.3 is 5.97 Å². The first-order chi connectivity index (χ1) is 10.3. The van der Waals surface area contributed by atoms with Gasteiger partial charge in [-0.15, -0.1) is 11.8 Å². The van der Waals surface area contributed by atoms with Gasteiger partial charge in [0.2, 0.25) is 11.8 Å². The standard InChI is InChI=1S/C14H22N2O5S/c1-9(17)5-3-2-4-6-16-12(18)7-11(13(16)19)22-8-10(15)14(20)21/h10-11H,2-8,15H2,1H3,(H,20,21). The number of carboxylic acids is 1. The second kappa shape index (κ2) is 8.89. The van der Waals surface area contributed by atoms with Gasteiger partial charge in [-0.2, -0.15) is 0 Å². The van der Waals surface area contributed by atoms with E-state index in [1.807, 2.05) is 0 Å². The molecule has 124 valence electrons. The fraction of sp³-hybridized carbons (Fsp3) is 0.714. The number of thioether (sulfide) groups is 1. The summed E-state index contributed by atoms with van der Waals surface area (Å²) in [4.78, 5) is 46.6. The maximum Gasteiger partial charge on any atom is 0.321 e. The number of likely N-dealkylation sites (tertiary alicyclic amines) is 1. The lowest BCUT2D eigenvalue weighted by Crippen LogP contribution is -2.35. The van der Waals surface area contributed by atoms with Crippen LogP contribution in [-0.4, -0.2) is 57.2 Å². The molecule has 0 bridgehead atoms. The molecule has 1 saturated heterocycles. The summed E-state index contributed by atoms with van der Waals surface area (Å²) >= 11 is 1.12. The summed E-state index contributed by atoms with van der Waals surface area (Å²) in [5.74, 6) is -1.37. The molecule has 0 saturated carbocycles. The largest absolute Gasteiger partial charge is 0.480 e. The van der Waals surface area contributed by atoms with Gasteiger partial charge in [0.1, 0.15) is 11.8 Å². The Balaban J connectivity index is 2.34. The van der Waals surface area contributed by atoms with Gasteiger partial charge in [0.05, 0.1) is 5.25 Å². The average Bonchev–Trinajstić information content (AvgIpc) is 2.70. The number of unbranched alkanes of at least 4 members (excludes halogenated alkanes) is 2. The molecule has 7 nitrogen and oxygen atoms in total. The van der Waals surface area contributed by atoms with E-state index >= 15 is 0 Å². The molecule has 3 N–H and O–H groups in total. The van der Waals surface area contributed by atoms with Crippen molar-refractivity contribution >= 4 is 35.3 Å². The predicted octanol–water partition coefficient (Wildman–Crippen LogP) is 0.408. The molecule has 0 radical (unpaired) electrons. The number of hydrogen-bond donors (Lipinski definition) is 2. The van der Waals surface area contributed by atoms with Crippen LogP contribution in [0.4, 0.5) is 0 Å². The number of nitrogens with zero attached hydrogens (tertiary/aromatic N) is 1. The minimum absolute atomic E-state index is 0.100. The van der Waals surface area contributed by atoms with Crippen molar-refractivity contribution in [3.8, 4) is 0 Å². The smallest absolute Gasteiger partial charge is 0.321 e. The first-order valence-corrected chi connectivity index (χ1v) is 8.31. The van der Waals surface area contributed by atoms with Crippen LogP contribution in [-0.2, 0) is 19.2 Å².